The van der Waals surface area contributed by atoms with Crippen LogP contribution >= 0.6 is 11.3 Å². The van der Waals surface area contributed by atoms with Gasteiger partial charge in [-0.3, -0.25) is 0 Å². The smallest absolute Gasteiger partial charge is 0.348 e. The van der Waals surface area contributed by atoms with Crippen LogP contribution in [0.25, 0.3) is 10.1 Å². The third kappa shape index (κ3) is 1.70. The van der Waals surface area contributed by atoms with Crippen LogP contribution < -0.4 is 0 Å². The van der Waals surface area contributed by atoms with E-state index in [1.165, 1.54) is 13.2 Å². The monoisotopic (exact) mass is 228 g/mol. The van der Waals surface area contributed by atoms with Gasteiger partial charge in [0.15, 0.2) is 11.6 Å². The molecular weight excluding hydrogens is 222 g/mol. The molecule has 78 valence electrons. The lowest BCUT2D eigenvalue weighted by Gasteiger charge is -1.91. The van der Waals surface area contributed by atoms with Crippen LogP contribution in [0.15, 0.2) is 18.2 Å². The van der Waals surface area contributed by atoms with Gasteiger partial charge in [0, 0.05) is 4.70 Å². The van der Waals surface area contributed by atoms with E-state index < -0.39 is 17.6 Å². The second-order valence-corrected chi connectivity index (χ2v) is 3.99. The van der Waals surface area contributed by atoms with Crippen molar-refractivity contribution in [3.05, 3.63) is 34.7 Å². The number of benzene rings is 1. The molecule has 0 aliphatic heterocycles. The molecule has 0 atom stereocenters. The largest absolute Gasteiger partial charge is 0.465 e. The molecule has 15 heavy (non-hydrogen) atoms. The molecule has 2 rings (SSSR count). The molecular formula is C10H6F2O2S. The van der Waals surface area contributed by atoms with Crippen molar-refractivity contribution >= 4 is 27.4 Å². The van der Waals surface area contributed by atoms with E-state index in [1.54, 1.807) is 0 Å². The number of hydrogen-bond donors (Lipinski definition) is 0. The Balaban J connectivity index is 2.61. The first-order chi connectivity index (χ1) is 7.11. The van der Waals surface area contributed by atoms with E-state index in [0.29, 0.717) is 15.0 Å². The minimum atomic E-state index is -0.920. The maximum atomic E-state index is 12.9. The van der Waals surface area contributed by atoms with Gasteiger partial charge >= 0.3 is 5.97 Å². The highest BCUT2D eigenvalue weighted by atomic mass is 32.1. The van der Waals surface area contributed by atoms with Crippen LogP contribution in [0.2, 0.25) is 0 Å². The predicted octanol–water partition coefficient (Wildman–Crippen LogP) is 2.97. The second-order valence-electron chi connectivity index (χ2n) is 2.91. The maximum Gasteiger partial charge on any atom is 0.348 e. The third-order valence-corrected chi connectivity index (χ3v) is 3.02. The molecule has 1 aromatic heterocycles. The van der Waals surface area contributed by atoms with Crippen LogP contribution in [0.4, 0.5) is 8.78 Å². The van der Waals surface area contributed by atoms with E-state index in [9.17, 15) is 13.6 Å². The standard InChI is InChI=1S/C10H6F2O2S/c1-14-10(13)9-3-5-2-6(11)7(12)4-8(5)15-9/h2-4H,1H3. The summed E-state index contributed by atoms with van der Waals surface area (Å²) in [5, 5.41) is 0.499. The van der Waals surface area contributed by atoms with E-state index in [1.807, 2.05) is 0 Å². The molecule has 0 aliphatic rings. The van der Waals surface area contributed by atoms with Gasteiger partial charge in [-0.05, 0) is 23.6 Å². The number of carbonyl (C=O) groups is 1. The number of carbonyl (C=O) groups excluding carboxylic acids is 1. The first kappa shape index (κ1) is 10.0. The summed E-state index contributed by atoms with van der Waals surface area (Å²) in [5.74, 6) is -2.34. The van der Waals surface area contributed by atoms with E-state index in [2.05, 4.69) is 4.74 Å². The minimum absolute atomic E-state index is 0.331. The number of rotatable bonds is 1. The fraction of sp³-hybridized carbons (Fsp3) is 0.100. The van der Waals surface area contributed by atoms with Gasteiger partial charge < -0.3 is 4.74 Å². The summed E-state index contributed by atoms with van der Waals surface area (Å²) in [6.07, 6.45) is 0. The van der Waals surface area contributed by atoms with Crippen molar-refractivity contribution in [2.45, 2.75) is 0 Å². The first-order valence-electron chi connectivity index (χ1n) is 4.08. The molecule has 0 fully saturated rings. The molecule has 5 heteroatoms. The highest BCUT2D eigenvalue weighted by molar-refractivity contribution is 7.20. The number of halogens is 2. The van der Waals surface area contributed by atoms with Crippen molar-refractivity contribution in [1.82, 2.24) is 0 Å². The van der Waals surface area contributed by atoms with Crippen molar-refractivity contribution in [2.75, 3.05) is 7.11 Å². The molecule has 0 N–H and O–H groups in total. The highest BCUT2D eigenvalue weighted by Gasteiger charge is 2.12. The highest BCUT2D eigenvalue weighted by Crippen LogP contribution is 2.28. The summed E-state index contributed by atoms with van der Waals surface area (Å²) >= 11 is 1.07. The average molecular weight is 228 g/mol. The minimum Gasteiger partial charge on any atom is -0.465 e. The van der Waals surface area contributed by atoms with Gasteiger partial charge in [0.25, 0.3) is 0 Å². The van der Waals surface area contributed by atoms with Crippen LogP contribution in [-0.4, -0.2) is 13.1 Å². The van der Waals surface area contributed by atoms with Gasteiger partial charge in [0.1, 0.15) is 4.88 Å². The molecule has 0 aliphatic carbocycles. The van der Waals surface area contributed by atoms with Crippen LogP contribution in [0, 0.1) is 11.6 Å². The Bertz CT molecular complexity index is 494. The molecule has 0 radical (unpaired) electrons. The zero-order chi connectivity index (χ0) is 11.0. The van der Waals surface area contributed by atoms with Gasteiger partial charge in [-0.2, -0.15) is 0 Å². The lowest BCUT2D eigenvalue weighted by Crippen LogP contribution is -1.96. The Morgan fingerprint density at radius 3 is 2.60 bits per heavy atom. The van der Waals surface area contributed by atoms with Crippen LogP contribution in [0.1, 0.15) is 9.67 Å². The van der Waals surface area contributed by atoms with Crippen LogP contribution in [-0.2, 0) is 4.74 Å². The number of hydrogen-bond acceptors (Lipinski definition) is 3. The van der Waals surface area contributed by atoms with Crippen molar-refractivity contribution in [1.29, 1.82) is 0 Å². The van der Waals surface area contributed by atoms with Crippen molar-refractivity contribution in [3.63, 3.8) is 0 Å². The van der Waals surface area contributed by atoms with E-state index in [0.717, 1.165) is 23.5 Å². The molecule has 1 heterocycles. The Morgan fingerprint density at radius 2 is 1.93 bits per heavy atom. The summed E-state index contributed by atoms with van der Waals surface area (Å²) in [6.45, 7) is 0. The SMILES string of the molecule is COC(=O)c1cc2cc(F)c(F)cc2s1. The number of thiophene rings is 1. The van der Waals surface area contributed by atoms with Crippen LogP contribution in [0.3, 0.4) is 0 Å². The molecule has 0 spiro atoms. The van der Waals surface area contributed by atoms with Gasteiger partial charge in [-0.1, -0.05) is 0 Å². The topological polar surface area (TPSA) is 26.3 Å². The van der Waals surface area contributed by atoms with Gasteiger partial charge in [0.2, 0.25) is 0 Å². The van der Waals surface area contributed by atoms with E-state index in [4.69, 9.17) is 0 Å². The molecule has 0 saturated heterocycles. The van der Waals surface area contributed by atoms with Crippen LogP contribution in [0.5, 0.6) is 0 Å². The Hall–Kier alpha value is -1.49. The fourth-order valence-corrected chi connectivity index (χ4v) is 2.22. The van der Waals surface area contributed by atoms with Gasteiger partial charge in [-0.15, -0.1) is 11.3 Å². The molecule has 1 aromatic carbocycles. The fourth-order valence-electron chi connectivity index (χ4n) is 1.24. The van der Waals surface area contributed by atoms with Crippen molar-refractivity contribution in [2.24, 2.45) is 0 Å². The molecule has 0 saturated carbocycles. The Labute approximate surface area is 88.1 Å². The zero-order valence-electron chi connectivity index (χ0n) is 7.71. The summed E-state index contributed by atoms with van der Waals surface area (Å²) in [4.78, 5) is 11.5. The number of esters is 1. The predicted molar refractivity (Wildman–Crippen MR) is 53.1 cm³/mol. The first-order valence-corrected chi connectivity index (χ1v) is 4.90. The lowest BCUT2D eigenvalue weighted by atomic mass is 10.2. The second kappa shape index (κ2) is 3.58. The van der Waals surface area contributed by atoms with Gasteiger partial charge in [0.05, 0.1) is 7.11 Å². The Kier molecular flexibility index (Phi) is 2.40. The molecule has 0 bridgehead atoms. The summed E-state index contributed by atoms with van der Waals surface area (Å²) in [5.41, 5.74) is 0. The van der Waals surface area contributed by atoms with E-state index >= 15 is 0 Å². The summed E-state index contributed by atoms with van der Waals surface area (Å²) in [7, 11) is 1.26. The third-order valence-electron chi connectivity index (χ3n) is 1.95. The normalized spacial score (nSPS) is 10.6. The number of methoxy groups -OCH3 is 1. The van der Waals surface area contributed by atoms with Gasteiger partial charge in [-0.25, -0.2) is 13.6 Å². The molecule has 2 nitrogen and oxygen atoms in total. The molecule has 0 amide bonds. The summed E-state index contributed by atoms with van der Waals surface area (Å²) in [6, 6.07) is 3.61. The molecule has 2 aromatic rings. The lowest BCUT2D eigenvalue weighted by molar-refractivity contribution is 0.0606. The van der Waals surface area contributed by atoms with Crippen molar-refractivity contribution in [3.8, 4) is 0 Å². The quantitative estimate of drug-likeness (QED) is 0.701. The summed E-state index contributed by atoms with van der Waals surface area (Å²) < 4.78 is 30.7. The van der Waals surface area contributed by atoms with E-state index in [-0.39, 0.29) is 0 Å². The maximum absolute atomic E-state index is 12.9. The average Bonchev–Trinajstić information content (AvgIpc) is 2.60. The van der Waals surface area contributed by atoms with Crippen molar-refractivity contribution < 1.29 is 18.3 Å². The molecule has 0 unspecified atom stereocenters. The zero-order valence-corrected chi connectivity index (χ0v) is 8.53. The Morgan fingerprint density at radius 1 is 1.27 bits per heavy atom. The number of fused-ring (bicyclic) bond motifs is 1. The number of ether oxygens (including phenoxy) is 1.